The Kier molecular flexibility index (Phi) is 8.20. The van der Waals surface area contributed by atoms with Gasteiger partial charge in [0, 0.05) is 21.7 Å². The van der Waals surface area contributed by atoms with E-state index in [1.54, 1.807) is 12.1 Å². The predicted molar refractivity (Wildman–Crippen MR) is 132 cm³/mol. The van der Waals surface area contributed by atoms with E-state index in [1.165, 1.54) is 18.9 Å². The number of thioether (sulfide) groups is 1. The first-order chi connectivity index (χ1) is 15.4. The molecule has 0 radical (unpaired) electrons. The Morgan fingerprint density at radius 3 is 2.38 bits per heavy atom. The van der Waals surface area contributed by atoms with Crippen LogP contribution in [0.15, 0.2) is 71.6 Å². The number of rotatable bonds is 8. The summed E-state index contributed by atoms with van der Waals surface area (Å²) in [4.78, 5) is 25.8. The summed E-state index contributed by atoms with van der Waals surface area (Å²) < 4.78 is 5.32. The second-order valence-corrected chi connectivity index (χ2v) is 9.11. The van der Waals surface area contributed by atoms with Crippen LogP contribution in [0, 0.1) is 6.92 Å². The molecule has 2 amide bonds. The van der Waals surface area contributed by atoms with Gasteiger partial charge in [0.15, 0.2) is 0 Å². The number of hydrogen-bond donors (Lipinski definition) is 2. The number of benzene rings is 3. The van der Waals surface area contributed by atoms with Crippen molar-refractivity contribution in [1.29, 1.82) is 0 Å². The van der Waals surface area contributed by atoms with Crippen molar-refractivity contribution >= 4 is 46.6 Å². The van der Waals surface area contributed by atoms with Gasteiger partial charge in [-0.1, -0.05) is 41.9 Å². The van der Waals surface area contributed by atoms with E-state index in [2.05, 4.69) is 10.6 Å². The number of aryl methyl sites for hydroxylation is 1. The lowest BCUT2D eigenvalue weighted by molar-refractivity contribution is -0.116. The molecule has 3 rings (SSSR count). The predicted octanol–water partition coefficient (Wildman–Crippen LogP) is 5.96. The number of methoxy groups -OCH3 is 1. The normalized spacial score (nSPS) is 11.5. The SMILES string of the molecule is COc1cc(Cl)c(C)cc1NC(=O)C(C)Sc1ccc(NC(=O)Cc2ccccc2)cc1. The minimum Gasteiger partial charge on any atom is -0.495 e. The van der Waals surface area contributed by atoms with Crippen molar-refractivity contribution in [2.24, 2.45) is 0 Å². The number of anilines is 2. The number of amides is 2. The monoisotopic (exact) mass is 468 g/mol. The number of halogens is 1. The standard InChI is InChI=1S/C25H25ClN2O3S/c1-16-13-22(23(31-3)15-21(16)26)28-25(30)17(2)32-20-11-9-19(10-12-20)27-24(29)14-18-7-5-4-6-8-18/h4-13,15,17H,14H2,1-3H3,(H,27,29)(H,28,30). The maximum absolute atomic E-state index is 12.7. The Morgan fingerprint density at radius 1 is 1.03 bits per heavy atom. The van der Waals surface area contributed by atoms with Crippen molar-refractivity contribution in [3.05, 3.63) is 82.9 Å². The van der Waals surface area contributed by atoms with Crippen LogP contribution in [0.3, 0.4) is 0 Å². The summed E-state index contributed by atoms with van der Waals surface area (Å²) in [5, 5.41) is 6.05. The van der Waals surface area contributed by atoms with Crippen LogP contribution in [0.1, 0.15) is 18.1 Å². The van der Waals surface area contributed by atoms with Gasteiger partial charge in [-0.25, -0.2) is 0 Å². The minimum atomic E-state index is -0.339. The molecule has 0 aliphatic rings. The zero-order valence-electron chi connectivity index (χ0n) is 18.1. The lowest BCUT2D eigenvalue weighted by atomic mass is 10.1. The summed E-state index contributed by atoms with van der Waals surface area (Å²) in [5.74, 6) is 0.300. The zero-order chi connectivity index (χ0) is 23.1. The molecule has 0 fully saturated rings. The van der Waals surface area contributed by atoms with E-state index in [1.807, 2.05) is 68.4 Å². The first-order valence-corrected chi connectivity index (χ1v) is 11.4. The smallest absolute Gasteiger partial charge is 0.237 e. The van der Waals surface area contributed by atoms with Crippen molar-refractivity contribution in [3.63, 3.8) is 0 Å². The summed E-state index contributed by atoms with van der Waals surface area (Å²) in [6.45, 7) is 3.71. The molecular weight excluding hydrogens is 444 g/mol. The van der Waals surface area contributed by atoms with Crippen LogP contribution in [-0.4, -0.2) is 24.2 Å². The first-order valence-electron chi connectivity index (χ1n) is 10.1. The molecule has 0 aliphatic carbocycles. The van der Waals surface area contributed by atoms with E-state index in [4.69, 9.17) is 16.3 Å². The highest BCUT2D eigenvalue weighted by Gasteiger charge is 2.17. The van der Waals surface area contributed by atoms with E-state index < -0.39 is 0 Å². The van der Waals surface area contributed by atoms with Crippen LogP contribution in [0.2, 0.25) is 5.02 Å². The summed E-state index contributed by atoms with van der Waals surface area (Å²) in [6, 6.07) is 20.5. The topological polar surface area (TPSA) is 67.4 Å². The summed E-state index contributed by atoms with van der Waals surface area (Å²) in [7, 11) is 1.54. The highest BCUT2D eigenvalue weighted by atomic mass is 35.5. The molecule has 0 aliphatic heterocycles. The van der Waals surface area contributed by atoms with E-state index >= 15 is 0 Å². The molecule has 1 unspecified atom stereocenters. The van der Waals surface area contributed by atoms with Crippen LogP contribution < -0.4 is 15.4 Å². The summed E-state index contributed by atoms with van der Waals surface area (Å²) in [6.07, 6.45) is 0.322. The largest absolute Gasteiger partial charge is 0.495 e. The lowest BCUT2D eigenvalue weighted by Gasteiger charge is -2.15. The van der Waals surface area contributed by atoms with Crippen LogP contribution >= 0.6 is 23.4 Å². The number of hydrogen-bond acceptors (Lipinski definition) is 4. The molecule has 166 valence electrons. The maximum atomic E-state index is 12.7. The molecule has 7 heteroatoms. The maximum Gasteiger partial charge on any atom is 0.237 e. The molecule has 5 nitrogen and oxygen atoms in total. The molecule has 3 aromatic rings. The molecule has 2 N–H and O–H groups in total. The second kappa shape index (κ2) is 11.1. The fourth-order valence-electron chi connectivity index (χ4n) is 3.03. The molecular formula is C25H25ClN2O3S. The van der Waals surface area contributed by atoms with Gasteiger partial charge < -0.3 is 15.4 Å². The molecule has 0 aromatic heterocycles. The van der Waals surface area contributed by atoms with Gasteiger partial charge in [0.2, 0.25) is 11.8 Å². The molecule has 1 atom stereocenters. The fourth-order valence-corrected chi connectivity index (χ4v) is 4.05. The van der Waals surface area contributed by atoms with Crippen LogP contribution in [0.25, 0.3) is 0 Å². The molecule has 32 heavy (non-hydrogen) atoms. The van der Waals surface area contributed by atoms with Crippen LogP contribution in [0.4, 0.5) is 11.4 Å². The van der Waals surface area contributed by atoms with Crippen LogP contribution in [0.5, 0.6) is 5.75 Å². The molecule has 0 saturated heterocycles. The molecule has 0 bridgehead atoms. The van der Waals surface area contributed by atoms with E-state index in [0.717, 1.165) is 16.0 Å². The average molecular weight is 469 g/mol. The van der Waals surface area contributed by atoms with Gasteiger partial charge >= 0.3 is 0 Å². The molecule has 3 aromatic carbocycles. The third kappa shape index (κ3) is 6.52. The third-order valence-electron chi connectivity index (χ3n) is 4.77. The second-order valence-electron chi connectivity index (χ2n) is 7.29. The Hall–Kier alpha value is -2.96. The van der Waals surface area contributed by atoms with E-state index in [0.29, 0.717) is 28.6 Å². The van der Waals surface area contributed by atoms with Gasteiger partial charge in [-0.3, -0.25) is 9.59 Å². The third-order valence-corrected chi connectivity index (χ3v) is 6.29. The fraction of sp³-hybridized carbons (Fsp3) is 0.200. The number of nitrogens with one attached hydrogen (secondary N) is 2. The van der Waals surface area contributed by atoms with Gasteiger partial charge in [0.1, 0.15) is 5.75 Å². The molecule has 0 saturated carbocycles. The van der Waals surface area contributed by atoms with E-state index in [-0.39, 0.29) is 17.1 Å². The summed E-state index contributed by atoms with van der Waals surface area (Å²) >= 11 is 7.56. The van der Waals surface area contributed by atoms with E-state index in [9.17, 15) is 9.59 Å². The Morgan fingerprint density at radius 2 is 1.72 bits per heavy atom. The van der Waals surface area contributed by atoms with Gasteiger partial charge in [0.05, 0.1) is 24.5 Å². The van der Waals surface area contributed by atoms with Gasteiger partial charge in [-0.15, -0.1) is 11.8 Å². The average Bonchev–Trinajstić information content (AvgIpc) is 2.78. The summed E-state index contributed by atoms with van der Waals surface area (Å²) in [5.41, 5.74) is 3.12. The molecule has 0 spiro atoms. The highest BCUT2D eigenvalue weighted by Crippen LogP contribution is 2.32. The Labute approximate surface area is 197 Å². The molecule has 0 heterocycles. The van der Waals surface area contributed by atoms with Crippen molar-refractivity contribution < 1.29 is 14.3 Å². The van der Waals surface area contributed by atoms with Gasteiger partial charge in [-0.05, 0) is 55.3 Å². The van der Waals surface area contributed by atoms with Crippen molar-refractivity contribution in [1.82, 2.24) is 0 Å². The van der Waals surface area contributed by atoms with Gasteiger partial charge in [-0.2, -0.15) is 0 Å². The van der Waals surface area contributed by atoms with Crippen molar-refractivity contribution in [2.45, 2.75) is 30.4 Å². The minimum absolute atomic E-state index is 0.0726. The quantitative estimate of drug-likeness (QED) is 0.400. The number of carbonyl (C=O) groups excluding carboxylic acids is 2. The Balaban J connectivity index is 1.56. The number of carbonyl (C=O) groups is 2. The van der Waals surface area contributed by atoms with Crippen molar-refractivity contribution in [3.8, 4) is 5.75 Å². The Bertz CT molecular complexity index is 1090. The van der Waals surface area contributed by atoms with Crippen LogP contribution in [-0.2, 0) is 16.0 Å². The highest BCUT2D eigenvalue weighted by molar-refractivity contribution is 8.00. The zero-order valence-corrected chi connectivity index (χ0v) is 19.7. The lowest BCUT2D eigenvalue weighted by Crippen LogP contribution is -2.22. The number of ether oxygens (including phenoxy) is 1. The van der Waals surface area contributed by atoms with Gasteiger partial charge in [0.25, 0.3) is 0 Å². The first kappa shape index (κ1) is 23.7. The van der Waals surface area contributed by atoms with Crippen molar-refractivity contribution in [2.75, 3.05) is 17.7 Å².